The van der Waals surface area contributed by atoms with Crippen LogP contribution in [0.3, 0.4) is 0 Å². The largest absolute Gasteiger partial charge is 0.311 e. The fourth-order valence-electron chi connectivity index (χ4n) is 4.93. The number of aromatic nitrogens is 2. The lowest BCUT2D eigenvalue weighted by atomic mass is 10.1. The zero-order chi connectivity index (χ0) is 28.3. The highest BCUT2D eigenvalue weighted by atomic mass is 32.1. The zero-order valence-electron chi connectivity index (χ0n) is 22.3. The summed E-state index contributed by atoms with van der Waals surface area (Å²) in [7, 11) is 0. The van der Waals surface area contributed by atoms with E-state index in [4.69, 9.17) is 0 Å². The number of nitrogens with zero attached hydrogens (tertiary/aromatic N) is 3. The predicted octanol–water partition coefficient (Wildman–Crippen LogP) is 10.6. The van der Waals surface area contributed by atoms with Crippen LogP contribution in [-0.4, -0.2) is 15.0 Å². The van der Waals surface area contributed by atoms with Gasteiger partial charge in [0.1, 0.15) is 11.0 Å². The van der Waals surface area contributed by atoms with Crippen LogP contribution >= 0.6 is 34.4 Å². The van der Waals surface area contributed by atoms with E-state index >= 15 is 0 Å². The summed E-state index contributed by atoms with van der Waals surface area (Å²) in [4.78, 5) is 17.5. The van der Waals surface area contributed by atoms with Gasteiger partial charge in [-0.05, 0) is 72.3 Å². The summed E-state index contributed by atoms with van der Waals surface area (Å²) in [5, 5.41) is 0. The molecule has 7 aromatic rings. The Morgan fingerprint density at radius 2 is 1.05 bits per heavy atom. The van der Waals surface area contributed by atoms with Crippen molar-refractivity contribution in [1.29, 1.82) is 0 Å². The molecule has 0 saturated carbocycles. The number of hydrogen-bond acceptors (Lipinski definition) is 7. The van der Waals surface area contributed by atoms with Crippen LogP contribution in [-0.2, 0) is 0 Å². The Hall–Kier alpha value is -4.69. The molecule has 42 heavy (non-hydrogen) atoms. The van der Waals surface area contributed by atoms with E-state index in [2.05, 4.69) is 123 Å². The number of benzene rings is 4. The summed E-state index contributed by atoms with van der Waals surface area (Å²) in [6, 6.07) is 41.8. The lowest BCUT2D eigenvalue weighted by Crippen LogP contribution is -2.09. The van der Waals surface area contributed by atoms with E-state index in [0.717, 1.165) is 60.8 Å². The summed E-state index contributed by atoms with van der Waals surface area (Å²) in [6.07, 6.45) is 5.20. The fourth-order valence-corrected chi connectivity index (χ4v) is 7.29. The van der Waals surface area contributed by atoms with Gasteiger partial charge in [0.15, 0.2) is 6.29 Å². The second-order valence-corrected chi connectivity index (χ2v) is 12.3. The van der Waals surface area contributed by atoms with E-state index in [0.29, 0.717) is 4.88 Å². The van der Waals surface area contributed by atoms with Crippen LogP contribution in [0.15, 0.2) is 121 Å². The Balaban J connectivity index is 1.13. The Morgan fingerprint density at radius 3 is 1.60 bits per heavy atom. The van der Waals surface area contributed by atoms with Crippen molar-refractivity contribution in [3.05, 3.63) is 137 Å². The lowest BCUT2D eigenvalue weighted by Gasteiger charge is -2.25. The van der Waals surface area contributed by atoms with Crippen molar-refractivity contribution < 1.29 is 4.79 Å². The van der Waals surface area contributed by atoms with E-state index in [9.17, 15) is 4.79 Å². The number of rotatable bonds is 8. The first kappa shape index (κ1) is 26.2. The molecule has 0 unspecified atom stereocenters. The molecule has 0 bridgehead atoms. The molecular weight excluding hydrogens is 575 g/mol. The molecule has 0 aliphatic heterocycles. The van der Waals surface area contributed by atoms with Crippen molar-refractivity contribution in [3.63, 3.8) is 0 Å². The molecule has 0 saturated heterocycles. The fraction of sp³-hybridized carbons (Fsp3) is 0. The summed E-state index contributed by atoms with van der Waals surface area (Å²) in [5.74, 6) is 0. The number of hydrogen-bond donors (Lipinski definition) is 0. The van der Waals surface area contributed by atoms with Crippen molar-refractivity contribution in [2.24, 2.45) is 0 Å². The van der Waals surface area contributed by atoms with Crippen LogP contribution in [0.25, 0.3) is 44.1 Å². The number of fused-ring (bicyclic) bond motifs is 1. The van der Waals surface area contributed by atoms with Gasteiger partial charge in [0.05, 0.1) is 16.6 Å². The van der Waals surface area contributed by atoms with E-state index in [1.54, 1.807) is 11.3 Å². The van der Waals surface area contributed by atoms with Crippen molar-refractivity contribution in [3.8, 4) is 20.9 Å². The van der Waals surface area contributed by atoms with Crippen molar-refractivity contribution >= 4 is 80.9 Å². The van der Waals surface area contributed by atoms with Crippen LogP contribution in [0.1, 0.15) is 20.1 Å². The third-order valence-corrected chi connectivity index (χ3v) is 9.59. The Morgan fingerprint density at radius 1 is 0.524 bits per heavy atom. The first-order chi connectivity index (χ1) is 20.8. The van der Waals surface area contributed by atoms with E-state index in [1.165, 1.54) is 27.9 Å². The van der Waals surface area contributed by atoms with Crippen molar-refractivity contribution in [1.82, 2.24) is 8.75 Å². The molecule has 3 aromatic heterocycles. The second-order valence-electron chi connectivity index (χ2n) is 9.58. The van der Waals surface area contributed by atoms with E-state index < -0.39 is 0 Å². The lowest BCUT2D eigenvalue weighted by molar-refractivity contribution is 0.112. The van der Waals surface area contributed by atoms with Gasteiger partial charge in [-0.2, -0.15) is 8.75 Å². The van der Waals surface area contributed by atoms with Crippen LogP contribution in [0.5, 0.6) is 0 Å². The molecule has 4 nitrogen and oxygen atoms in total. The molecule has 7 rings (SSSR count). The van der Waals surface area contributed by atoms with Gasteiger partial charge < -0.3 is 4.90 Å². The molecule has 0 N–H and O–H groups in total. The monoisotopic (exact) mass is 597 g/mol. The summed E-state index contributed by atoms with van der Waals surface area (Å²) >= 11 is 4.43. The molecule has 202 valence electrons. The molecule has 0 spiro atoms. The number of carbonyl (C=O) groups is 1. The van der Waals surface area contributed by atoms with Gasteiger partial charge in [-0.3, -0.25) is 4.79 Å². The van der Waals surface area contributed by atoms with Crippen LogP contribution in [0, 0.1) is 0 Å². The van der Waals surface area contributed by atoms with E-state index in [1.807, 2.05) is 24.3 Å². The summed E-state index contributed by atoms with van der Waals surface area (Å²) in [6.45, 7) is 0. The third kappa shape index (κ3) is 5.21. The molecule has 7 heteroatoms. The molecule has 0 fully saturated rings. The standard InChI is InChI=1S/C35H23N3OS3/c39-23-29-18-22-33(41-29)31-20-19-30(34-35(31)37-42-36-34)32-21-17-28(40-32)16-13-24-11-14-27(15-12-24)38(25-7-3-1-4-8-25)26-9-5-2-6-10-26/h1-23H/b16-13+. The molecule has 0 atom stereocenters. The Bertz CT molecular complexity index is 1970. The van der Waals surface area contributed by atoms with Gasteiger partial charge in [-0.1, -0.05) is 66.7 Å². The normalized spacial score (nSPS) is 11.3. The SMILES string of the molecule is O=Cc1ccc(-c2ccc(-c3ccc(/C=C/c4ccc(N(c5ccccc5)c5ccccc5)cc4)s3)c3nsnc23)s1. The predicted molar refractivity (Wildman–Crippen MR) is 179 cm³/mol. The third-order valence-electron chi connectivity index (χ3n) is 6.94. The molecule has 3 heterocycles. The smallest absolute Gasteiger partial charge is 0.160 e. The minimum Gasteiger partial charge on any atom is -0.311 e. The topological polar surface area (TPSA) is 46.1 Å². The van der Waals surface area contributed by atoms with Crippen LogP contribution in [0.4, 0.5) is 17.1 Å². The maximum absolute atomic E-state index is 11.2. The minimum atomic E-state index is 0.708. The molecule has 0 aliphatic carbocycles. The number of thiophene rings is 2. The molecule has 0 radical (unpaired) electrons. The van der Waals surface area contributed by atoms with Crippen molar-refractivity contribution in [2.45, 2.75) is 0 Å². The first-order valence-electron chi connectivity index (χ1n) is 13.4. The highest BCUT2D eigenvalue weighted by Crippen LogP contribution is 2.39. The number of aldehydes is 1. The van der Waals surface area contributed by atoms with Gasteiger partial charge >= 0.3 is 0 Å². The van der Waals surface area contributed by atoms with E-state index in [-0.39, 0.29) is 0 Å². The van der Waals surface area contributed by atoms with Crippen LogP contribution < -0.4 is 4.90 Å². The molecule has 0 amide bonds. The highest BCUT2D eigenvalue weighted by Gasteiger charge is 2.16. The van der Waals surface area contributed by atoms with Gasteiger partial charge in [-0.15, -0.1) is 22.7 Å². The Labute approximate surface area is 255 Å². The summed E-state index contributed by atoms with van der Waals surface area (Å²) in [5.41, 5.74) is 8.35. The number of carbonyl (C=O) groups excluding carboxylic acids is 1. The second kappa shape index (κ2) is 11.7. The van der Waals surface area contributed by atoms with Gasteiger partial charge in [0.2, 0.25) is 0 Å². The maximum atomic E-state index is 11.2. The average molecular weight is 598 g/mol. The minimum absolute atomic E-state index is 0.708. The quantitative estimate of drug-likeness (QED) is 0.164. The van der Waals surface area contributed by atoms with Gasteiger partial charge in [0, 0.05) is 42.8 Å². The molecule has 4 aromatic carbocycles. The average Bonchev–Trinajstić information content (AvgIpc) is 3.83. The maximum Gasteiger partial charge on any atom is 0.160 e. The van der Waals surface area contributed by atoms with Gasteiger partial charge in [-0.25, -0.2) is 0 Å². The number of para-hydroxylation sites is 2. The Kier molecular flexibility index (Phi) is 7.28. The molecular formula is C35H23N3OS3. The zero-order valence-corrected chi connectivity index (χ0v) is 24.7. The summed E-state index contributed by atoms with van der Waals surface area (Å²) < 4.78 is 9.22. The van der Waals surface area contributed by atoms with Gasteiger partial charge in [0.25, 0.3) is 0 Å². The molecule has 0 aliphatic rings. The van der Waals surface area contributed by atoms with Crippen molar-refractivity contribution in [2.75, 3.05) is 4.90 Å². The first-order valence-corrected chi connectivity index (χ1v) is 15.7. The van der Waals surface area contributed by atoms with Crippen LogP contribution in [0.2, 0.25) is 0 Å². The highest BCUT2D eigenvalue weighted by molar-refractivity contribution is 7.17. The number of anilines is 3.